The van der Waals surface area contributed by atoms with Crippen LogP contribution in [-0.2, 0) is 9.53 Å². The van der Waals surface area contributed by atoms with Crippen LogP contribution in [0, 0.1) is 6.92 Å². The summed E-state index contributed by atoms with van der Waals surface area (Å²) in [6, 6.07) is 7.42. The van der Waals surface area contributed by atoms with Crippen molar-refractivity contribution in [3.8, 4) is 10.6 Å². The van der Waals surface area contributed by atoms with Gasteiger partial charge in [-0.05, 0) is 25.5 Å². The van der Waals surface area contributed by atoms with Crippen molar-refractivity contribution >= 4 is 28.8 Å². The normalized spacial score (nSPS) is 10.5. The lowest BCUT2D eigenvalue weighted by Crippen LogP contribution is -2.26. The van der Waals surface area contributed by atoms with Crippen molar-refractivity contribution in [3.63, 3.8) is 0 Å². The maximum atomic E-state index is 12.2. The number of hydrogen-bond acceptors (Lipinski definition) is 5. The molecule has 2 rings (SSSR count). The minimum Gasteiger partial charge on any atom is -0.385 e. The highest BCUT2D eigenvalue weighted by Crippen LogP contribution is 2.29. The van der Waals surface area contributed by atoms with Gasteiger partial charge in [0.15, 0.2) is 0 Å². The second-order valence-corrected chi connectivity index (χ2v) is 6.49. The van der Waals surface area contributed by atoms with E-state index in [-0.39, 0.29) is 11.8 Å². The SMILES string of the molecule is COCCCNC(=O)c1nc(-c2cccc(NC(C)=O)c2)sc1C. The molecule has 24 heavy (non-hydrogen) atoms. The van der Waals surface area contributed by atoms with Gasteiger partial charge in [0.25, 0.3) is 5.91 Å². The average Bonchev–Trinajstić information content (AvgIpc) is 2.93. The van der Waals surface area contributed by atoms with Crippen LogP contribution in [0.4, 0.5) is 5.69 Å². The zero-order chi connectivity index (χ0) is 17.5. The summed E-state index contributed by atoms with van der Waals surface area (Å²) < 4.78 is 4.96. The predicted molar refractivity (Wildman–Crippen MR) is 95.4 cm³/mol. The smallest absolute Gasteiger partial charge is 0.271 e. The van der Waals surface area contributed by atoms with Crippen molar-refractivity contribution in [1.82, 2.24) is 10.3 Å². The monoisotopic (exact) mass is 347 g/mol. The minimum atomic E-state index is -0.177. The van der Waals surface area contributed by atoms with Gasteiger partial charge in [-0.25, -0.2) is 4.98 Å². The van der Waals surface area contributed by atoms with Crippen molar-refractivity contribution in [2.24, 2.45) is 0 Å². The summed E-state index contributed by atoms with van der Waals surface area (Å²) in [6.07, 6.45) is 0.761. The lowest BCUT2D eigenvalue weighted by atomic mass is 10.2. The quantitative estimate of drug-likeness (QED) is 0.755. The molecule has 0 aliphatic rings. The first-order chi connectivity index (χ1) is 11.5. The van der Waals surface area contributed by atoms with Gasteiger partial charge in [-0.2, -0.15) is 0 Å². The van der Waals surface area contributed by atoms with E-state index >= 15 is 0 Å². The first-order valence-electron chi connectivity index (χ1n) is 7.64. The van der Waals surface area contributed by atoms with E-state index < -0.39 is 0 Å². The number of methoxy groups -OCH3 is 1. The first kappa shape index (κ1) is 18.1. The fourth-order valence-corrected chi connectivity index (χ4v) is 3.07. The highest BCUT2D eigenvalue weighted by atomic mass is 32.1. The number of nitrogens with one attached hydrogen (secondary N) is 2. The van der Waals surface area contributed by atoms with Gasteiger partial charge in [0.1, 0.15) is 10.7 Å². The summed E-state index contributed by atoms with van der Waals surface area (Å²) in [5.41, 5.74) is 2.02. The van der Waals surface area contributed by atoms with E-state index in [9.17, 15) is 9.59 Å². The van der Waals surface area contributed by atoms with Gasteiger partial charge in [-0.3, -0.25) is 9.59 Å². The third kappa shape index (κ3) is 4.87. The van der Waals surface area contributed by atoms with E-state index in [2.05, 4.69) is 15.6 Å². The van der Waals surface area contributed by atoms with Gasteiger partial charge >= 0.3 is 0 Å². The molecule has 1 aromatic carbocycles. The standard InChI is InChI=1S/C17H21N3O3S/c1-11-15(16(22)18-8-5-9-23-3)20-17(24-11)13-6-4-7-14(10-13)19-12(2)21/h4,6-7,10H,5,8-9H2,1-3H3,(H,18,22)(H,19,21). The van der Waals surface area contributed by atoms with Gasteiger partial charge in [-0.1, -0.05) is 12.1 Å². The Labute approximate surface area is 145 Å². The van der Waals surface area contributed by atoms with E-state index in [1.165, 1.54) is 18.3 Å². The van der Waals surface area contributed by atoms with Crippen molar-refractivity contribution in [2.75, 3.05) is 25.6 Å². The molecule has 0 aliphatic carbocycles. The lowest BCUT2D eigenvalue weighted by Gasteiger charge is -2.04. The second-order valence-electron chi connectivity index (χ2n) is 5.29. The zero-order valence-electron chi connectivity index (χ0n) is 14.0. The molecular weight excluding hydrogens is 326 g/mol. The van der Waals surface area contributed by atoms with Crippen molar-refractivity contribution in [1.29, 1.82) is 0 Å². The number of rotatable bonds is 7. The minimum absolute atomic E-state index is 0.126. The average molecular weight is 347 g/mol. The predicted octanol–water partition coefficient (Wildman–Crippen LogP) is 2.84. The van der Waals surface area contributed by atoms with E-state index in [1.54, 1.807) is 7.11 Å². The van der Waals surface area contributed by atoms with Crippen molar-refractivity contribution in [3.05, 3.63) is 34.8 Å². The summed E-state index contributed by atoms with van der Waals surface area (Å²) in [5, 5.41) is 6.34. The summed E-state index contributed by atoms with van der Waals surface area (Å²) in [6.45, 7) is 4.50. The molecule has 1 heterocycles. The Morgan fingerprint density at radius 1 is 1.33 bits per heavy atom. The number of carbonyl (C=O) groups excluding carboxylic acids is 2. The molecule has 0 unspecified atom stereocenters. The summed E-state index contributed by atoms with van der Waals surface area (Å²) in [7, 11) is 1.63. The Bertz CT molecular complexity index is 728. The van der Waals surface area contributed by atoms with Crippen LogP contribution in [0.2, 0.25) is 0 Å². The van der Waals surface area contributed by atoms with Crippen LogP contribution in [0.25, 0.3) is 10.6 Å². The van der Waals surface area contributed by atoms with Crippen LogP contribution >= 0.6 is 11.3 Å². The molecule has 0 atom stereocenters. The van der Waals surface area contributed by atoms with E-state index in [1.807, 2.05) is 31.2 Å². The molecule has 7 heteroatoms. The van der Waals surface area contributed by atoms with Crippen LogP contribution in [0.3, 0.4) is 0 Å². The first-order valence-corrected chi connectivity index (χ1v) is 8.45. The second kappa shape index (κ2) is 8.56. The largest absolute Gasteiger partial charge is 0.385 e. The molecular formula is C17H21N3O3S. The zero-order valence-corrected chi connectivity index (χ0v) is 14.8. The molecule has 2 N–H and O–H groups in total. The molecule has 0 aliphatic heterocycles. The van der Waals surface area contributed by atoms with Crippen LogP contribution in [-0.4, -0.2) is 37.1 Å². The number of aryl methyl sites for hydroxylation is 1. The topological polar surface area (TPSA) is 80.3 Å². The fraction of sp³-hybridized carbons (Fsp3) is 0.353. The third-order valence-corrected chi connectivity index (χ3v) is 4.27. The number of hydrogen-bond donors (Lipinski definition) is 2. The van der Waals surface area contributed by atoms with Crippen LogP contribution in [0.15, 0.2) is 24.3 Å². The number of carbonyl (C=O) groups is 2. The van der Waals surface area contributed by atoms with Crippen LogP contribution in [0.5, 0.6) is 0 Å². The van der Waals surface area contributed by atoms with Crippen molar-refractivity contribution < 1.29 is 14.3 Å². The number of ether oxygens (including phenoxy) is 1. The maximum Gasteiger partial charge on any atom is 0.271 e. The number of anilines is 1. The van der Waals surface area contributed by atoms with Gasteiger partial charge in [-0.15, -0.1) is 11.3 Å². The summed E-state index contributed by atoms with van der Waals surface area (Å²) in [4.78, 5) is 28.7. The molecule has 0 radical (unpaired) electrons. The Balaban J connectivity index is 2.13. The molecule has 2 amide bonds. The van der Waals surface area contributed by atoms with Crippen LogP contribution in [0.1, 0.15) is 28.7 Å². The molecule has 0 spiro atoms. The Morgan fingerprint density at radius 2 is 2.12 bits per heavy atom. The number of thiazole rings is 1. The van der Waals surface area contributed by atoms with Gasteiger partial charge in [0.2, 0.25) is 5.91 Å². The molecule has 6 nitrogen and oxygen atoms in total. The highest BCUT2D eigenvalue weighted by Gasteiger charge is 2.16. The molecule has 0 saturated carbocycles. The number of amides is 2. The van der Waals surface area contributed by atoms with E-state index in [0.29, 0.717) is 24.5 Å². The molecule has 2 aromatic rings. The maximum absolute atomic E-state index is 12.2. The summed E-state index contributed by atoms with van der Waals surface area (Å²) >= 11 is 1.46. The number of nitrogens with zero attached hydrogens (tertiary/aromatic N) is 1. The Morgan fingerprint density at radius 3 is 2.83 bits per heavy atom. The van der Waals surface area contributed by atoms with Crippen LogP contribution < -0.4 is 10.6 Å². The fourth-order valence-electron chi connectivity index (χ4n) is 2.17. The van der Waals surface area contributed by atoms with Gasteiger partial charge < -0.3 is 15.4 Å². The molecule has 0 bridgehead atoms. The van der Waals surface area contributed by atoms with Gasteiger partial charge in [0.05, 0.1) is 0 Å². The molecule has 0 saturated heterocycles. The molecule has 128 valence electrons. The van der Waals surface area contributed by atoms with E-state index in [0.717, 1.165) is 21.9 Å². The van der Waals surface area contributed by atoms with Crippen molar-refractivity contribution in [2.45, 2.75) is 20.3 Å². The number of aromatic nitrogens is 1. The number of benzene rings is 1. The Hall–Kier alpha value is -2.25. The van der Waals surface area contributed by atoms with E-state index in [4.69, 9.17) is 4.74 Å². The molecule has 0 fully saturated rings. The lowest BCUT2D eigenvalue weighted by molar-refractivity contribution is -0.114. The third-order valence-electron chi connectivity index (χ3n) is 3.25. The molecule has 1 aromatic heterocycles. The highest BCUT2D eigenvalue weighted by molar-refractivity contribution is 7.15. The Kier molecular flexibility index (Phi) is 6.45. The van der Waals surface area contributed by atoms with Gasteiger partial charge in [0, 0.05) is 43.3 Å². The summed E-state index contributed by atoms with van der Waals surface area (Å²) in [5.74, 6) is -0.303.